The highest BCUT2D eigenvalue weighted by Crippen LogP contribution is 2.40. The van der Waals surface area contributed by atoms with Gasteiger partial charge in [0.05, 0.1) is 9.85 Å². The molecule has 0 fully saturated rings. The lowest BCUT2D eigenvalue weighted by Crippen LogP contribution is -2.08. The van der Waals surface area contributed by atoms with E-state index in [1.807, 2.05) is 37.3 Å². The van der Waals surface area contributed by atoms with Gasteiger partial charge in [-0.3, -0.25) is 0 Å². The zero-order chi connectivity index (χ0) is 14.7. The monoisotopic (exact) mass is 358 g/mol. The molecule has 0 aromatic heterocycles. The van der Waals surface area contributed by atoms with Gasteiger partial charge in [0.15, 0.2) is 0 Å². The van der Waals surface area contributed by atoms with Gasteiger partial charge in [-0.15, -0.1) is 11.6 Å². The molecule has 0 amide bonds. The van der Waals surface area contributed by atoms with Crippen molar-refractivity contribution in [1.82, 2.24) is 0 Å². The number of halogens is 4. The molecule has 0 radical (unpaired) electrons. The summed E-state index contributed by atoms with van der Waals surface area (Å²) >= 11 is 9.38. The van der Waals surface area contributed by atoms with Crippen molar-refractivity contribution in [3.8, 4) is 0 Å². The zero-order valence-electron chi connectivity index (χ0n) is 10.9. The van der Waals surface area contributed by atoms with Crippen molar-refractivity contribution in [3.63, 3.8) is 0 Å². The topological polar surface area (TPSA) is 0 Å². The van der Waals surface area contributed by atoms with E-state index in [1.165, 1.54) is 6.07 Å². The highest BCUT2D eigenvalue weighted by molar-refractivity contribution is 9.10. The Balaban J connectivity index is 2.39. The Morgan fingerprint density at radius 1 is 1.10 bits per heavy atom. The summed E-state index contributed by atoms with van der Waals surface area (Å²) in [5.41, 5.74) is 1.22. The van der Waals surface area contributed by atoms with Gasteiger partial charge >= 0.3 is 0 Å². The summed E-state index contributed by atoms with van der Waals surface area (Å²) in [5, 5.41) is -0.606. The first kappa shape index (κ1) is 15.5. The Bertz CT molecular complexity index is 587. The van der Waals surface area contributed by atoms with E-state index in [0.717, 1.165) is 18.1 Å². The third kappa shape index (κ3) is 3.21. The molecule has 0 aliphatic carbocycles. The third-order valence-electron chi connectivity index (χ3n) is 3.36. The molecule has 0 aliphatic heterocycles. The average molecular weight is 360 g/mol. The smallest absolute Gasteiger partial charge is 0.137 e. The van der Waals surface area contributed by atoms with Gasteiger partial charge in [0, 0.05) is 11.5 Å². The van der Waals surface area contributed by atoms with Crippen LogP contribution in [0.5, 0.6) is 0 Å². The number of rotatable bonds is 4. The van der Waals surface area contributed by atoms with Crippen LogP contribution in [-0.4, -0.2) is 0 Å². The van der Waals surface area contributed by atoms with Crippen molar-refractivity contribution >= 4 is 27.5 Å². The normalized spacial score (nSPS) is 14.1. The molecule has 2 atom stereocenters. The van der Waals surface area contributed by atoms with Gasteiger partial charge in [-0.05, 0) is 40.0 Å². The van der Waals surface area contributed by atoms with E-state index in [4.69, 9.17) is 11.6 Å². The number of hydrogen-bond acceptors (Lipinski definition) is 0. The first-order chi connectivity index (χ1) is 9.54. The molecule has 0 nitrogen and oxygen atoms in total. The van der Waals surface area contributed by atoms with Gasteiger partial charge in [0.1, 0.15) is 11.6 Å². The molecule has 2 rings (SSSR count). The van der Waals surface area contributed by atoms with Crippen molar-refractivity contribution in [2.45, 2.75) is 24.6 Å². The average Bonchev–Trinajstić information content (AvgIpc) is 2.44. The number of benzene rings is 2. The van der Waals surface area contributed by atoms with Crippen LogP contribution in [0.2, 0.25) is 0 Å². The first-order valence-electron chi connectivity index (χ1n) is 6.38. The lowest BCUT2D eigenvalue weighted by molar-refractivity contribution is 0.554. The fraction of sp³-hybridized carbons (Fsp3) is 0.250. The number of hydrogen-bond donors (Lipinski definition) is 0. The highest BCUT2D eigenvalue weighted by Gasteiger charge is 2.25. The summed E-state index contributed by atoms with van der Waals surface area (Å²) in [4.78, 5) is 0. The third-order valence-corrected chi connectivity index (χ3v) is 4.50. The molecule has 0 spiro atoms. The predicted molar refractivity (Wildman–Crippen MR) is 82.1 cm³/mol. The van der Waals surface area contributed by atoms with E-state index >= 15 is 0 Å². The molecule has 0 aliphatic rings. The summed E-state index contributed by atoms with van der Waals surface area (Å²) in [5.74, 6) is -1.06. The van der Waals surface area contributed by atoms with Gasteiger partial charge in [0.2, 0.25) is 0 Å². The van der Waals surface area contributed by atoms with E-state index in [1.54, 1.807) is 0 Å². The minimum Gasteiger partial charge on any atom is -0.207 e. The van der Waals surface area contributed by atoms with Crippen LogP contribution >= 0.6 is 27.5 Å². The van der Waals surface area contributed by atoms with Crippen molar-refractivity contribution < 1.29 is 8.78 Å². The molecule has 0 saturated carbocycles. The SMILES string of the molecule is CCC(c1ccccc1)C(Cl)c1cc(F)c(Br)cc1F. The van der Waals surface area contributed by atoms with Crippen molar-refractivity contribution in [3.05, 3.63) is 69.7 Å². The van der Waals surface area contributed by atoms with Gasteiger partial charge in [-0.2, -0.15) is 0 Å². The van der Waals surface area contributed by atoms with Crippen LogP contribution in [0.15, 0.2) is 46.9 Å². The van der Waals surface area contributed by atoms with Crippen LogP contribution in [0.3, 0.4) is 0 Å². The highest BCUT2D eigenvalue weighted by atomic mass is 79.9. The van der Waals surface area contributed by atoms with E-state index in [9.17, 15) is 8.78 Å². The van der Waals surface area contributed by atoms with Crippen LogP contribution in [0, 0.1) is 11.6 Å². The second-order valence-electron chi connectivity index (χ2n) is 4.62. The fourth-order valence-electron chi connectivity index (χ4n) is 2.28. The van der Waals surface area contributed by atoms with Gasteiger partial charge in [-0.25, -0.2) is 8.78 Å². The molecule has 2 aromatic rings. The quantitative estimate of drug-likeness (QED) is 0.450. The Labute approximate surface area is 130 Å². The molecule has 0 heterocycles. The maximum Gasteiger partial charge on any atom is 0.137 e. The molecular formula is C16H14BrClF2. The summed E-state index contributed by atoms with van der Waals surface area (Å²) in [6.07, 6.45) is 0.745. The van der Waals surface area contributed by atoms with Crippen molar-refractivity contribution in [1.29, 1.82) is 0 Å². The second-order valence-corrected chi connectivity index (χ2v) is 5.94. The van der Waals surface area contributed by atoms with Crippen molar-refractivity contribution in [2.24, 2.45) is 0 Å². The van der Waals surface area contributed by atoms with Crippen LogP contribution in [0.25, 0.3) is 0 Å². The lowest BCUT2D eigenvalue weighted by Gasteiger charge is -2.22. The van der Waals surface area contributed by atoms with Crippen LogP contribution in [0.1, 0.15) is 35.8 Å². The molecule has 2 aromatic carbocycles. The lowest BCUT2D eigenvalue weighted by atomic mass is 9.89. The van der Waals surface area contributed by atoms with Gasteiger partial charge in [0.25, 0.3) is 0 Å². The largest absolute Gasteiger partial charge is 0.207 e. The van der Waals surface area contributed by atoms with Crippen LogP contribution in [0.4, 0.5) is 8.78 Å². The predicted octanol–water partition coefficient (Wildman–Crippen LogP) is 6.20. The summed E-state index contributed by atoms with van der Waals surface area (Å²) in [6.45, 7) is 1.99. The summed E-state index contributed by atoms with van der Waals surface area (Å²) in [7, 11) is 0. The minimum atomic E-state index is -0.606. The van der Waals surface area contributed by atoms with Crippen molar-refractivity contribution in [2.75, 3.05) is 0 Å². The fourth-order valence-corrected chi connectivity index (χ4v) is 3.08. The molecular weight excluding hydrogens is 346 g/mol. The standard InChI is InChI=1S/C16H14BrClF2/c1-2-11(10-6-4-3-5-7-10)16(18)12-8-15(20)13(17)9-14(12)19/h3-9,11,16H,2H2,1H3. The Hall–Kier alpha value is -0.930. The maximum atomic E-state index is 14.0. The van der Waals surface area contributed by atoms with Gasteiger partial charge < -0.3 is 0 Å². The molecule has 2 unspecified atom stereocenters. The second kappa shape index (κ2) is 6.68. The molecule has 106 valence electrons. The summed E-state index contributed by atoms with van der Waals surface area (Å²) in [6, 6.07) is 12.0. The maximum absolute atomic E-state index is 14.0. The molecule has 4 heteroatoms. The summed E-state index contributed by atoms with van der Waals surface area (Å²) < 4.78 is 27.7. The van der Waals surface area contributed by atoms with Gasteiger partial charge in [-0.1, -0.05) is 37.3 Å². The molecule has 0 bridgehead atoms. The molecule has 20 heavy (non-hydrogen) atoms. The molecule has 0 N–H and O–H groups in total. The Kier molecular flexibility index (Phi) is 5.17. The van der Waals surface area contributed by atoms with E-state index in [2.05, 4.69) is 15.9 Å². The Morgan fingerprint density at radius 2 is 1.75 bits per heavy atom. The van der Waals surface area contributed by atoms with E-state index in [-0.39, 0.29) is 16.0 Å². The Morgan fingerprint density at radius 3 is 2.35 bits per heavy atom. The van der Waals surface area contributed by atoms with E-state index in [0.29, 0.717) is 0 Å². The minimum absolute atomic E-state index is 0.0621. The van der Waals surface area contributed by atoms with Crippen LogP contribution < -0.4 is 0 Å². The number of alkyl halides is 1. The van der Waals surface area contributed by atoms with Crippen LogP contribution in [-0.2, 0) is 0 Å². The zero-order valence-corrected chi connectivity index (χ0v) is 13.3. The molecule has 0 saturated heterocycles. The van der Waals surface area contributed by atoms with E-state index < -0.39 is 17.0 Å². The first-order valence-corrected chi connectivity index (χ1v) is 7.61.